The maximum absolute atomic E-state index is 12.5. The van der Waals surface area contributed by atoms with Gasteiger partial charge in [-0.1, -0.05) is 12.1 Å². The predicted octanol–water partition coefficient (Wildman–Crippen LogP) is 3.13. The summed E-state index contributed by atoms with van der Waals surface area (Å²) in [5.74, 6) is 0.506. The van der Waals surface area contributed by atoms with Crippen LogP contribution in [0.1, 0.15) is 45.7 Å². The van der Waals surface area contributed by atoms with Crippen LogP contribution in [-0.4, -0.2) is 35.0 Å². The molecular formula is C24H26N4O4. The maximum Gasteiger partial charge on any atom is 0.251 e. The Bertz CT molecular complexity index is 969. The first-order valence-electron chi connectivity index (χ1n) is 10.4. The van der Waals surface area contributed by atoms with E-state index in [0.717, 1.165) is 11.1 Å². The number of benzene rings is 1. The second-order valence-corrected chi connectivity index (χ2v) is 6.74. The fourth-order valence-corrected chi connectivity index (χ4v) is 2.98. The van der Waals surface area contributed by atoms with E-state index in [0.29, 0.717) is 36.1 Å². The third-order valence-electron chi connectivity index (χ3n) is 4.55. The lowest BCUT2D eigenvalue weighted by Gasteiger charge is -2.11. The molecule has 8 nitrogen and oxygen atoms in total. The second kappa shape index (κ2) is 11.5. The number of rotatable bonds is 10. The highest BCUT2D eigenvalue weighted by Gasteiger charge is 2.12. The quantitative estimate of drug-likeness (QED) is 0.508. The van der Waals surface area contributed by atoms with Crippen molar-refractivity contribution in [2.75, 3.05) is 13.2 Å². The minimum absolute atomic E-state index is 0.250. The monoisotopic (exact) mass is 434 g/mol. The Morgan fingerprint density at radius 3 is 1.50 bits per heavy atom. The number of hydrogen-bond donors (Lipinski definition) is 2. The van der Waals surface area contributed by atoms with Gasteiger partial charge in [-0.15, -0.1) is 0 Å². The van der Waals surface area contributed by atoms with Crippen LogP contribution in [0.4, 0.5) is 0 Å². The number of nitrogens with one attached hydrogen (secondary N) is 2. The Morgan fingerprint density at radius 2 is 1.12 bits per heavy atom. The lowest BCUT2D eigenvalue weighted by molar-refractivity contribution is 0.0938. The molecular weight excluding hydrogens is 408 g/mol. The Labute approximate surface area is 187 Å². The van der Waals surface area contributed by atoms with Gasteiger partial charge in [-0.25, -0.2) is 9.97 Å². The molecule has 0 aliphatic rings. The first-order valence-corrected chi connectivity index (χ1v) is 10.4. The molecule has 1 aromatic carbocycles. The number of nitrogens with zero attached hydrogens (tertiary/aromatic N) is 2. The van der Waals surface area contributed by atoms with E-state index in [2.05, 4.69) is 20.6 Å². The van der Waals surface area contributed by atoms with Crippen molar-refractivity contribution in [1.29, 1.82) is 0 Å². The summed E-state index contributed by atoms with van der Waals surface area (Å²) in [7, 11) is 0. The molecule has 166 valence electrons. The first-order chi connectivity index (χ1) is 15.6. The molecule has 0 bridgehead atoms. The minimum Gasteiger partial charge on any atom is -0.478 e. The molecule has 8 heteroatoms. The SMILES string of the molecule is CCOc1ncccc1CNC(=O)c1ccc(C(=O)NCc2cccnc2OCC)cc1. The molecule has 0 saturated heterocycles. The highest BCUT2D eigenvalue weighted by atomic mass is 16.5. The van der Waals surface area contributed by atoms with Gasteiger partial charge >= 0.3 is 0 Å². The minimum atomic E-state index is -0.250. The molecule has 0 spiro atoms. The van der Waals surface area contributed by atoms with Crippen molar-refractivity contribution in [1.82, 2.24) is 20.6 Å². The van der Waals surface area contributed by atoms with Crippen molar-refractivity contribution in [3.8, 4) is 11.8 Å². The Hall–Kier alpha value is -3.94. The average molecular weight is 434 g/mol. The largest absolute Gasteiger partial charge is 0.478 e. The van der Waals surface area contributed by atoms with Crippen LogP contribution in [0.5, 0.6) is 11.8 Å². The molecule has 0 radical (unpaired) electrons. The molecule has 0 fully saturated rings. The molecule has 3 rings (SSSR count). The van der Waals surface area contributed by atoms with Crippen LogP contribution in [0.3, 0.4) is 0 Å². The summed E-state index contributed by atoms with van der Waals surface area (Å²) >= 11 is 0. The number of carbonyl (C=O) groups is 2. The number of hydrogen-bond acceptors (Lipinski definition) is 6. The van der Waals surface area contributed by atoms with Crippen LogP contribution < -0.4 is 20.1 Å². The molecule has 32 heavy (non-hydrogen) atoms. The van der Waals surface area contributed by atoms with Crippen LogP contribution >= 0.6 is 0 Å². The van der Waals surface area contributed by atoms with E-state index in [-0.39, 0.29) is 24.9 Å². The lowest BCUT2D eigenvalue weighted by Crippen LogP contribution is -2.25. The summed E-state index contributed by atoms with van der Waals surface area (Å²) in [4.78, 5) is 33.3. The normalized spacial score (nSPS) is 10.3. The van der Waals surface area contributed by atoms with Crippen LogP contribution in [0.2, 0.25) is 0 Å². The average Bonchev–Trinajstić information content (AvgIpc) is 2.83. The van der Waals surface area contributed by atoms with Gasteiger partial charge in [0.1, 0.15) is 0 Å². The molecule has 0 aliphatic carbocycles. The fourth-order valence-electron chi connectivity index (χ4n) is 2.98. The van der Waals surface area contributed by atoms with E-state index in [1.807, 2.05) is 26.0 Å². The van der Waals surface area contributed by atoms with E-state index >= 15 is 0 Å². The Morgan fingerprint density at radius 1 is 0.719 bits per heavy atom. The summed E-state index contributed by atoms with van der Waals surface area (Å²) < 4.78 is 10.9. The molecule has 2 amide bonds. The van der Waals surface area contributed by atoms with E-state index in [1.54, 1.807) is 48.8 Å². The van der Waals surface area contributed by atoms with Crippen molar-refractivity contribution in [2.45, 2.75) is 26.9 Å². The van der Waals surface area contributed by atoms with Gasteiger partial charge < -0.3 is 20.1 Å². The molecule has 0 unspecified atom stereocenters. The summed E-state index contributed by atoms with van der Waals surface area (Å²) in [5, 5.41) is 5.69. The number of amides is 2. The molecule has 2 heterocycles. The van der Waals surface area contributed by atoms with Gasteiger partial charge in [-0.05, 0) is 50.2 Å². The summed E-state index contributed by atoms with van der Waals surface area (Å²) in [6.45, 7) is 5.33. The van der Waals surface area contributed by atoms with E-state index < -0.39 is 0 Å². The smallest absolute Gasteiger partial charge is 0.251 e. The molecule has 0 atom stereocenters. The Balaban J connectivity index is 1.56. The standard InChI is InChI=1S/C24H26N4O4/c1-3-31-23-19(7-5-13-25-23)15-27-21(29)17-9-11-18(12-10-17)22(30)28-16-20-8-6-14-26-24(20)32-4-2/h5-14H,3-4,15-16H2,1-2H3,(H,27,29)(H,28,30). The van der Waals surface area contributed by atoms with Crippen molar-refractivity contribution < 1.29 is 19.1 Å². The van der Waals surface area contributed by atoms with Crippen LogP contribution in [-0.2, 0) is 13.1 Å². The van der Waals surface area contributed by atoms with Gasteiger partial charge in [0.2, 0.25) is 11.8 Å². The number of carbonyl (C=O) groups excluding carboxylic acids is 2. The van der Waals surface area contributed by atoms with Gasteiger partial charge in [-0.2, -0.15) is 0 Å². The van der Waals surface area contributed by atoms with Crippen molar-refractivity contribution in [3.63, 3.8) is 0 Å². The van der Waals surface area contributed by atoms with Gasteiger partial charge in [0, 0.05) is 47.7 Å². The zero-order valence-corrected chi connectivity index (χ0v) is 18.1. The number of aromatic nitrogens is 2. The second-order valence-electron chi connectivity index (χ2n) is 6.74. The molecule has 2 N–H and O–H groups in total. The van der Waals surface area contributed by atoms with Crippen LogP contribution in [0, 0.1) is 0 Å². The third kappa shape index (κ3) is 6.04. The molecule has 3 aromatic rings. The van der Waals surface area contributed by atoms with Gasteiger partial charge in [0.25, 0.3) is 11.8 Å². The zero-order chi connectivity index (χ0) is 22.8. The molecule has 0 aliphatic heterocycles. The number of pyridine rings is 2. The molecule has 0 saturated carbocycles. The molecule has 2 aromatic heterocycles. The predicted molar refractivity (Wildman–Crippen MR) is 120 cm³/mol. The van der Waals surface area contributed by atoms with Crippen molar-refractivity contribution >= 4 is 11.8 Å². The summed E-state index contributed by atoms with van der Waals surface area (Å²) in [6, 6.07) is 13.8. The summed E-state index contributed by atoms with van der Waals surface area (Å²) in [6.07, 6.45) is 3.29. The Kier molecular flexibility index (Phi) is 8.14. The maximum atomic E-state index is 12.5. The van der Waals surface area contributed by atoms with Crippen molar-refractivity contribution in [2.24, 2.45) is 0 Å². The lowest BCUT2D eigenvalue weighted by atomic mass is 10.1. The van der Waals surface area contributed by atoms with Crippen LogP contribution in [0.25, 0.3) is 0 Å². The topological polar surface area (TPSA) is 102 Å². The highest BCUT2D eigenvalue weighted by Crippen LogP contribution is 2.15. The fraction of sp³-hybridized carbons (Fsp3) is 0.250. The van der Waals surface area contributed by atoms with Gasteiger partial charge in [0.05, 0.1) is 13.2 Å². The van der Waals surface area contributed by atoms with Crippen molar-refractivity contribution in [3.05, 3.63) is 83.2 Å². The zero-order valence-electron chi connectivity index (χ0n) is 18.1. The third-order valence-corrected chi connectivity index (χ3v) is 4.55. The van der Waals surface area contributed by atoms with Gasteiger partial charge in [-0.3, -0.25) is 9.59 Å². The van der Waals surface area contributed by atoms with E-state index in [9.17, 15) is 9.59 Å². The van der Waals surface area contributed by atoms with E-state index in [4.69, 9.17) is 9.47 Å². The van der Waals surface area contributed by atoms with E-state index in [1.165, 1.54) is 0 Å². The highest BCUT2D eigenvalue weighted by molar-refractivity contribution is 5.97. The van der Waals surface area contributed by atoms with Gasteiger partial charge in [0.15, 0.2) is 0 Å². The number of ether oxygens (including phenoxy) is 2. The van der Waals surface area contributed by atoms with Crippen LogP contribution in [0.15, 0.2) is 60.9 Å². The summed E-state index contributed by atoms with van der Waals surface area (Å²) in [5.41, 5.74) is 2.49. The first kappa shape index (κ1) is 22.7.